The third-order valence-corrected chi connectivity index (χ3v) is 20.4. The molecule has 6 aromatic carbocycles. The van der Waals surface area contributed by atoms with Gasteiger partial charge in [0.2, 0.25) is 0 Å². The highest BCUT2D eigenvalue weighted by Crippen LogP contribution is 2.33. The number of thiazole rings is 6. The van der Waals surface area contributed by atoms with Crippen molar-refractivity contribution in [1.29, 1.82) is 0 Å². The van der Waals surface area contributed by atoms with E-state index in [1.807, 2.05) is 185 Å². The van der Waals surface area contributed by atoms with Gasteiger partial charge in [-0.15, -0.1) is 68.0 Å². The van der Waals surface area contributed by atoms with Crippen LogP contribution in [0.2, 0.25) is 0 Å². The number of nitrogens with zero attached hydrogens (tertiary/aromatic N) is 7. The van der Waals surface area contributed by atoms with Crippen molar-refractivity contribution in [3.05, 3.63) is 212 Å². The van der Waals surface area contributed by atoms with Gasteiger partial charge in [0.25, 0.3) is 0 Å². The first kappa shape index (κ1) is 92.9. The van der Waals surface area contributed by atoms with Gasteiger partial charge in [-0.1, -0.05) is 20.8 Å². The number of rotatable bonds is 30. The average Bonchev–Trinajstić information content (AvgIpc) is 1.76. The van der Waals surface area contributed by atoms with Crippen molar-refractivity contribution >= 4 is 110 Å². The minimum absolute atomic E-state index is 0.149. The van der Waals surface area contributed by atoms with Gasteiger partial charge in [-0.25, -0.2) is 58.7 Å². The molecule has 0 aliphatic carbocycles. The van der Waals surface area contributed by atoms with Crippen molar-refractivity contribution in [2.45, 2.75) is 95.6 Å². The van der Waals surface area contributed by atoms with E-state index in [-0.39, 0.29) is 41.9 Å². The van der Waals surface area contributed by atoms with E-state index in [4.69, 9.17) is 52.1 Å². The van der Waals surface area contributed by atoms with Crippen LogP contribution in [0.1, 0.15) is 152 Å². The van der Waals surface area contributed by atoms with Gasteiger partial charge in [-0.3, -0.25) is 0 Å². The minimum atomic E-state index is -0.381. The van der Waals surface area contributed by atoms with E-state index < -0.39 is 0 Å². The second kappa shape index (κ2) is 49.6. The van der Waals surface area contributed by atoms with Gasteiger partial charge in [-0.05, 0) is 220 Å². The van der Waals surface area contributed by atoms with Crippen LogP contribution in [-0.4, -0.2) is 152 Å². The number of ether oxygens (including phenoxy) is 11. The molecule has 30 heteroatoms. The smallest absolute Gasteiger partial charge is 0.357 e. The number of esters is 6. The molecule has 12 rings (SSSR count). The van der Waals surface area contributed by atoms with Crippen LogP contribution in [0.3, 0.4) is 0 Å². The number of carbonyl (C=O) groups is 6. The average molecular weight is 1710 g/mol. The molecule has 0 spiro atoms. The van der Waals surface area contributed by atoms with Gasteiger partial charge >= 0.3 is 35.8 Å². The zero-order valence-electron chi connectivity index (χ0n) is 68.1. The van der Waals surface area contributed by atoms with Crippen molar-refractivity contribution in [2.24, 2.45) is 5.92 Å². The van der Waals surface area contributed by atoms with Gasteiger partial charge in [0, 0.05) is 85.4 Å². The molecule has 0 amide bonds. The number of carbonyl (C=O) groups excluding carboxylic acids is 6. The summed E-state index contributed by atoms with van der Waals surface area (Å²) in [6.07, 6.45) is 1.13. The molecular weight excluding hydrogens is 1610 g/mol. The van der Waals surface area contributed by atoms with E-state index in [9.17, 15) is 28.8 Å². The lowest BCUT2D eigenvalue weighted by molar-refractivity contribution is 0.0511. The summed E-state index contributed by atoms with van der Waals surface area (Å²) in [6.45, 7) is 27.1. The number of hydrogen-bond acceptors (Lipinski definition) is 30. The molecule has 0 unspecified atom stereocenters. The Morgan fingerprint density at radius 2 is 0.556 bits per heavy atom. The summed E-state index contributed by atoms with van der Waals surface area (Å²) in [5.74, 6) is 2.37. The van der Waals surface area contributed by atoms with E-state index in [0.717, 1.165) is 104 Å². The Kier molecular flexibility index (Phi) is 39.4. The van der Waals surface area contributed by atoms with Crippen molar-refractivity contribution in [3.8, 4) is 92.2 Å². The van der Waals surface area contributed by atoms with Crippen LogP contribution in [0.15, 0.2) is 178 Å². The molecule has 0 saturated carbocycles. The Morgan fingerprint density at radius 1 is 0.316 bits per heavy atom. The van der Waals surface area contributed by atoms with E-state index in [1.54, 1.807) is 80.9 Å². The Bertz CT molecular complexity index is 4980. The summed E-state index contributed by atoms with van der Waals surface area (Å²) in [5.41, 5.74) is 9.10. The van der Waals surface area contributed by atoms with Gasteiger partial charge < -0.3 is 57.0 Å². The molecule has 12 aromatic rings. The first-order valence-corrected chi connectivity index (χ1v) is 43.0. The van der Waals surface area contributed by atoms with E-state index in [1.165, 1.54) is 68.0 Å². The number of hydrogen-bond donors (Lipinski definition) is 0. The molecule has 0 aliphatic rings. The molecule has 0 bridgehead atoms. The summed E-state index contributed by atoms with van der Waals surface area (Å²) in [5, 5.41) is 15.1. The Hall–Kier alpha value is -11.3. The molecule has 0 saturated heterocycles. The number of aromatic nitrogens is 6. The largest absolute Gasteiger partial charge is 0.497 e. The monoisotopic (exact) mass is 1700 g/mol. The van der Waals surface area contributed by atoms with Crippen LogP contribution >= 0.6 is 68.0 Å². The second-order valence-electron chi connectivity index (χ2n) is 25.0. The molecule has 0 fully saturated rings. The lowest BCUT2D eigenvalue weighted by atomic mass is 10.2. The second-order valence-corrected chi connectivity index (χ2v) is 30.1. The minimum Gasteiger partial charge on any atom is -0.497 e. The van der Waals surface area contributed by atoms with Crippen LogP contribution < -0.4 is 28.6 Å². The highest BCUT2D eigenvalue weighted by atomic mass is 32.1. The SMILES string of the molecule is CCCOc1ccc(-c2nc(C(=O)OCC)cs2)cc1.CCOC(=O)c1csc(-c2ccc(N(C)C)cc2)n1.CCOC(=O)c1csc(-c2ccc(OC(C)C)cc2)n1.CCOC(=O)c1csc(-c2ccc(OC)cc2)n1.CCOC(=O)c1csc(-c2ccc(OCC(C)C)cc2)n1.CCOC(=O)c1csc(-c2ccc(OCC)cc2)n1. The molecule has 6 heterocycles. The van der Waals surface area contributed by atoms with Crippen LogP contribution in [0.4, 0.5) is 5.69 Å². The number of methoxy groups -OCH3 is 1. The van der Waals surface area contributed by atoms with Crippen LogP contribution in [0.5, 0.6) is 28.7 Å². The summed E-state index contributed by atoms with van der Waals surface area (Å²) >= 11 is 8.57. The zero-order chi connectivity index (χ0) is 84.6. The maximum Gasteiger partial charge on any atom is 0.357 e. The van der Waals surface area contributed by atoms with Crippen LogP contribution in [0, 0.1) is 5.92 Å². The molecular formula is C87H97N7O17S6. The highest BCUT2D eigenvalue weighted by molar-refractivity contribution is 7.15. The highest BCUT2D eigenvalue weighted by Gasteiger charge is 2.19. The fraction of sp³-hybridized carbons (Fsp3) is 0.310. The fourth-order valence-electron chi connectivity index (χ4n) is 9.55. The molecule has 0 atom stereocenters. The molecule has 6 aromatic heterocycles. The van der Waals surface area contributed by atoms with E-state index >= 15 is 0 Å². The summed E-state index contributed by atoms with van der Waals surface area (Å²) in [7, 11) is 5.62. The quantitative estimate of drug-likeness (QED) is 0.0298. The van der Waals surface area contributed by atoms with Crippen molar-refractivity contribution < 1.29 is 80.9 Å². The topological polar surface area (TPSA) is 285 Å². The fourth-order valence-corrected chi connectivity index (χ4v) is 14.3. The maximum absolute atomic E-state index is 11.6. The van der Waals surface area contributed by atoms with Crippen molar-refractivity contribution in [2.75, 3.05) is 85.6 Å². The number of anilines is 1. The zero-order valence-corrected chi connectivity index (χ0v) is 73.0. The van der Waals surface area contributed by atoms with E-state index in [2.05, 4.69) is 50.7 Å². The third kappa shape index (κ3) is 30.4. The van der Waals surface area contributed by atoms with Gasteiger partial charge in [-0.2, -0.15) is 0 Å². The first-order valence-electron chi connectivity index (χ1n) is 37.7. The predicted molar refractivity (Wildman–Crippen MR) is 465 cm³/mol. The molecule has 24 nitrogen and oxygen atoms in total. The molecule has 0 aliphatic heterocycles. The first-order chi connectivity index (χ1) is 56.5. The standard InChI is InChI=1S/C16H19NO3S.2C15H17NO3S.C14H16N2O2S.C14H15NO3S.C13H13NO3S/c1-4-19-16(18)14-10-21-15(17-14)12-5-7-13(8-6-12)20-9-11(2)3;1-4-18-15(17)13-9-20-14(16-13)11-5-7-12(8-6-11)19-10(2)3;1-3-9-19-12-7-5-11(6-8-12)14-16-13(10-20-14)15(17)18-4-2;1-4-18-14(17)12-9-19-13(15-12)10-5-7-11(8-6-10)16(2)3;1-3-17-11-7-5-10(6-8-11)13-15-12(9-19-13)14(16)18-4-2;1-3-17-13(15)11-8-18-12(14-11)9-4-6-10(16-2)7-5-9/h5-8,10-11H,4,9H2,1-3H3;5-10H,4H2,1-3H3;5-8,10H,3-4,9H2,1-2H3;5-9H,4H2,1-3H3;5-9H,3-4H2,1-2H3;4-8H,3H2,1-2H3. The van der Waals surface area contributed by atoms with Crippen LogP contribution in [-0.2, 0) is 28.4 Å². The predicted octanol–water partition coefficient (Wildman–Crippen LogP) is 21.0. The van der Waals surface area contributed by atoms with Crippen molar-refractivity contribution in [3.63, 3.8) is 0 Å². The molecule has 618 valence electrons. The Balaban J connectivity index is 0.000000194. The van der Waals surface area contributed by atoms with Gasteiger partial charge in [0.1, 0.15) is 58.8 Å². The van der Waals surface area contributed by atoms with E-state index in [0.29, 0.717) is 99.5 Å². The van der Waals surface area contributed by atoms with Crippen LogP contribution in [0.25, 0.3) is 63.4 Å². The summed E-state index contributed by atoms with van der Waals surface area (Å²) in [4.78, 5) is 97.1. The maximum atomic E-state index is 11.6. The molecule has 117 heavy (non-hydrogen) atoms. The Labute approximate surface area is 706 Å². The molecule has 0 N–H and O–H groups in total. The number of benzene rings is 6. The summed E-state index contributed by atoms with van der Waals surface area (Å²) in [6, 6.07) is 46.4. The normalized spacial score (nSPS) is 10.4. The molecule has 0 radical (unpaired) electrons. The third-order valence-electron chi connectivity index (χ3n) is 15.0. The lowest BCUT2D eigenvalue weighted by Crippen LogP contribution is -2.07. The van der Waals surface area contributed by atoms with Gasteiger partial charge in [0.15, 0.2) is 34.2 Å². The summed E-state index contributed by atoms with van der Waals surface area (Å²) < 4.78 is 56.8. The lowest BCUT2D eigenvalue weighted by Gasteiger charge is -2.11. The Morgan fingerprint density at radius 3 is 0.778 bits per heavy atom. The van der Waals surface area contributed by atoms with Crippen molar-refractivity contribution in [1.82, 2.24) is 29.9 Å². The van der Waals surface area contributed by atoms with Gasteiger partial charge in [0.05, 0.1) is 72.7 Å².